The highest BCUT2D eigenvalue weighted by Crippen LogP contribution is 2.38. The summed E-state index contributed by atoms with van der Waals surface area (Å²) in [7, 11) is 2.74. The molecule has 0 atom stereocenters. The zero-order chi connectivity index (χ0) is 25.7. The maximum Gasteiger partial charge on any atom is 0.423 e. The first kappa shape index (κ1) is 24.2. The molecule has 4 aromatic rings. The van der Waals surface area contributed by atoms with Crippen molar-refractivity contribution in [3.8, 4) is 17.0 Å². The minimum Gasteiger partial charge on any atom is -0.479 e. The van der Waals surface area contributed by atoms with E-state index in [-0.39, 0.29) is 16.9 Å². The van der Waals surface area contributed by atoms with E-state index in [1.807, 2.05) is 36.4 Å². The van der Waals surface area contributed by atoms with Crippen LogP contribution in [0.2, 0.25) is 0 Å². The number of methoxy groups -OCH3 is 1. The van der Waals surface area contributed by atoms with Gasteiger partial charge >= 0.3 is 12.1 Å². The van der Waals surface area contributed by atoms with Gasteiger partial charge < -0.3 is 14.6 Å². The van der Waals surface area contributed by atoms with E-state index < -0.39 is 24.5 Å². The van der Waals surface area contributed by atoms with Crippen molar-refractivity contribution in [3.63, 3.8) is 0 Å². The molecule has 4 rings (SSSR count). The molecular weight excluding hydrogens is 462 g/mol. The lowest BCUT2D eigenvalue weighted by molar-refractivity contribution is -0.142. The van der Waals surface area contributed by atoms with Crippen molar-refractivity contribution in [2.75, 3.05) is 25.8 Å². The van der Waals surface area contributed by atoms with Crippen molar-refractivity contribution in [2.45, 2.75) is 0 Å². The molecule has 0 aliphatic heterocycles. The summed E-state index contributed by atoms with van der Waals surface area (Å²) >= 11 is 0. The summed E-state index contributed by atoms with van der Waals surface area (Å²) in [5.74, 6) is -0.925. The van der Waals surface area contributed by atoms with Crippen LogP contribution in [0.25, 0.3) is 22.2 Å². The molecule has 3 aromatic carbocycles. The van der Waals surface area contributed by atoms with E-state index in [1.165, 1.54) is 19.2 Å². The number of carbonyl (C=O) groups excluding carboxylic acids is 2. The molecule has 0 saturated heterocycles. The Hall–Kier alpha value is -4.92. The van der Waals surface area contributed by atoms with Gasteiger partial charge in [-0.05, 0) is 18.2 Å². The predicted molar refractivity (Wildman–Crippen MR) is 134 cm³/mol. The van der Waals surface area contributed by atoms with Gasteiger partial charge in [-0.25, -0.2) is 20.0 Å². The van der Waals surface area contributed by atoms with Gasteiger partial charge in [0, 0.05) is 23.6 Å². The van der Waals surface area contributed by atoms with Gasteiger partial charge in [-0.3, -0.25) is 9.80 Å². The molecule has 0 spiro atoms. The smallest absolute Gasteiger partial charge is 0.423 e. The van der Waals surface area contributed by atoms with Crippen LogP contribution < -0.4 is 15.2 Å². The maximum absolute atomic E-state index is 14.2. The summed E-state index contributed by atoms with van der Waals surface area (Å²) in [5, 5.41) is 10.9. The van der Waals surface area contributed by atoms with Crippen LogP contribution in [-0.2, 0) is 9.53 Å². The largest absolute Gasteiger partial charge is 0.479 e. The lowest BCUT2D eigenvalue weighted by Gasteiger charge is -2.22. The number of para-hydroxylation sites is 2. The van der Waals surface area contributed by atoms with Crippen molar-refractivity contribution in [1.29, 1.82) is 0 Å². The number of ether oxygens (including phenoxy) is 2. The van der Waals surface area contributed by atoms with Crippen molar-refractivity contribution >= 4 is 34.4 Å². The first-order chi connectivity index (χ1) is 17.4. The second kappa shape index (κ2) is 10.6. The molecule has 9 nitrogen and oxygen atoms in total. The Morgan fingerprint density at radius 1 is 0.944 bits per heavy atom. The highest BCUT2D eigenvalue weighted by Gasteiger charge is 2.27. The quantitative estimate of drug-likeness (QED) is 0.215. The number of aromatic nitrogens is 1. The topological polar surface area (TPSA) is 118 Å². The Morgan fingerprint density at radius 3 is 2.33 bits per heavy atom. The van der Waals surface area contributed by atoms with Crippen LogP contribution in [0.5, 0.6) is 5.75 Å². The van der Waals surface area contributed by atoms with Gasteiger partial charge in [0.1, 0.15) is 5.69 Å². The van der Waals surface area contributed by atoms with Crippen molar-refractivity contribution < 1.29 is 29.0 Å². The average molecular weight is 485 g/mol. The molecule has 0 fully saturated rings. The van der Waals surface area contributed by atoms with Crippen molar-refractivity contribution in [2.24, 2.45) is 0 Å². The number of hydrazine groups is 1. The van der Waals surface area contributed by atoms with Crippen LogP contribution in [-0.4, -0.2) is 48.7 Å². The number of esters is 1. The Kier molecular flexibility index (Phi) is 7.10. The van der Waals surface area contributed by atoms with Crippen LogP contribution in [0.3, 0.4) is 0 Å². The molecule has 36 heavy (non-hydrogen) atoms. The van der Waals surface area contributed by atoms with Crippen LogP contribution >= 0.6 is 0 Å². The fourth-order valence-electron chi connectivity index (χ4n) is 3.84. The average Bonchev–Trinajstić information content (AvgIpc) is 2.90. The molecule has 1 heterocycles. The SMILES string of the molecule is COC(=O)COc1c(-c2ccccc2)nc2ccccc2c1C(=O)c1ccccc1N(C)NC(=O)O. The summed E-state index contributed by atoms with van der Waals surface area (Å²) in [6, 6.07) is 22.9. The number of ketones is 1. The van der Waals surface area contributed by atoms with Crippen LogP contribution in [0, 0.1) is 0 Å². The Morgan fingerprint density at radius 2 is 1.61 bits per heavy atom. The van der Waals surface area contributed by atoms with Gasteiger partial charge in [-0.2, -0.15) is 0 Å². The minimum atomic E-state index is -1.28. The Balaban J connectivity index is 1.98. The second-order valence-electron chi connectivity index (χ2n) is 7.73. The standard InChI is InChI=1S/C27H23N3O6/c1-30(29-27(33)34)21-15-9-7-13-19(21)25(32)23-18-12-6-8-14-20(18)28-24(17-10-4-3-5-11-17)26(23)36-16-22(31)35-2/h3-15,29H,16H2,1-2H3,(H,33,34). The van der Waals surface area contributed by atoms with Crippen molar-refractivity contribution in [1.82, 2.24) is 10.4 Å². The first-order valence-corrected chi connectivity index (χ1v) is 11.0. The maximum atomic E-state index is 14.2. The lowest BCUT2D eigenvalue weighted by atomic mass is 9.95. The van der Waals surface area contributed by atoms with Crippen LogP contribution in [0.4, 0.5) is 10.5 Å². The molecule has 0 aliphatic rings. The number of anilines is 1. The molecule has 0 saturated carbocycles. The predicted octanol–water partition coefficient (Wildman–Crippen LogP) is 4.30. The van der Waals surface area contributed by atoms with E-state index >= 15 is 0 Å². The fraction of sp³-hybridized carbons (Fsp3) is 0.111. The van der Waals surface area contributed by atoms with E-state index in [9.17, 15) is 19.5 Å². The number of nitrogens with one attached hydrogen (secondary N) is 1. The monoisotopic (exact) mass is 485 g/mol. The second-order valence-corrected chi connectivity index (χ2v) is 7.73. The minimum absolute atomic E-state index is 0.124. The number of carbonyl (C=O) groups is 3. The third-order valence-electron chi connectivity index (χ3n) is 5.46. The number of carboxylic acid groups (broad SMARTS) is 1. The fourth-order valence-corrected chi connectivity index (χ4v) is 3.84. The summed E-state index contributed by atoms with van der Waals surface area (Å²) in [6.07, 6.45) is -1.28. The lowest BCUT2D eigenvalue weighted by Crippen LogP contribution is -2.39. The molecule has 0 unspecified atom stereocenters. The molecule has 0 bridgehead atoms. The summed E-state index contributed by atoms with van der Waals surface area (Å²) in [4.78, 5) is 42.1. The van der Waals surface area contributed by atoms with Crippen molar-refractivity contribution in [3.05, 3.63) is 90.0 Å². The number of fused-ring (bicyclic) bond motifs is 1. The zero-order valence-electron chi connectivity index (χ0n) is 19.6. The van der Waals surface area contributed by atoms with E-state index in [2.05, 4.69) is 5.43 Å². The zero-order valence-corrected chi connectivity index (χ0v) is 19.6. The molecule has 9 heteroatoms. The van der Waals surface area contributed by atoms with Gasteiger partial charge in [0.15, 0.2) is 18.1 Å². The number of hydrogen-bond acceptors (Lipinski definition) is 7. The third-order valence-corrected chi connectivity index (χ3v) is 5.46. The van der Waals surface area contributed by atoms with Gasteiger partial charge in [-0.15, -0.1) is 0 Å². The van der Waals surface area contributed by atoms with E-state index in [1.54, 1.807) is 42.5 Å². The molecule has 0 aliphatic carbocycles. The summed E-state index contributed by atoms with van der Waals surface area (Å²) in [6.45, 7) is -0.432. The van der Waals surface area contributed by atoms with Gasteiger partial charge in [0.2, 0.25) is 0 Å². The molecule has 1 aromatic heterocycles. The molecule has 182 valence electrons. The first-order valence-electron chi connectivity index (χ1n) is 11.0. The molecule has 1 amide bonds. The highest BCUT2D eigenvalue weighted by molar-refractivity contribution is 6.21. The number of benzene rings is 3. The van der Waals surface area contributed by atoms with E-state index in [0.717, 1.165) is 0 Å². The molecular formula is C27H23N3O6. The van der Waals surface area contributed by atoms with Crippen LogP contribution in [0.1, 0.15) is 15.9 Å². The number of amides is 1. The van der Waals surface area contributed by atoms with Gasteiger partial charge in [0.25, 0.3) is 0 Å². The van der Waals surface area contributed by atoms with Crippen LogP contribution in [0.15, 0.2) is 78.9 Å². The normalized spacial score (nSPS) is 10.5. The summed E-state index contributed by atoms with van der Waals surface area (Å²) in [5.41, 5.74) is 4.63. The molecule has 0 radical (unpaired) electrons. The Labute approximate surface area is 206 Å². The number of rotatable bonds is 8. The third kappa shape index (κ3) is 4.95. The highest BCUT2D eigenvalue weighted by atomic mass is 16.6. The van der Waals surface area contributed by atoms with Gasteiger partial charge in [-0.1, -0.05) is 60.7 Å². The molecule has 2 N–H and O–H groups in total. The number of nitrogens with zero attached hydrogens (tertiary/aromatic N) is 2. The summed E-state index contributed by atoms with van der Waals surface area (Å²) < 4.78 is 10.6. The van der Waals surface area contributed by atoms with Gasteiger partial charge in [0.05, 0.1) is 23.9 Å². The van der Waals surface area contributed by atoms with E-state index in [0.29, 0.717) is 27.8 Å². The van der Waals surface area contributed by atoms with E-state index in [4.69, 9.17) is 14.5 Å². The number of pyridine rings is 1. The number of hydrogen-bond donors (Lipinski definition) is 2. The Bertz CT molecular complexity index is 1440.